The van der Waals surface area contributed by atoms with Gasteiger partial charge in [0.2, 0.25) is 12.7 Å². The van der Waals surface area contributed by atoms with Crippen LogP contribution in [-0.2, 0) is 14.3 Å². The van der Waals surface area contributed by atoms with Crippen molar-refractivity contribution in [1.29, 1.82) is 0 Å². The van der Waals surface area contributed by atoms with E-state index in [1.54, 1.807) is 30.3 Å². The Hall–Kier alpha value is -3.20. The van der Waals surface area contributed by atoms with E-state index in [9.17, 15) is 18.4 Å². The van der Waals surface area contributed by atoms with Gasteiger partial charge in [-0.15, -0.1) is 0 Å². The van der Waals surface area contributed by atoms with Crippen molar-refractivity contribution >= 4 is 11.9 Å². The normalized spacial score (nSPS) is 27.0. The Morgan fingerprint density at radius 2 is 1.91 bits per heavy atom. The van der Waals surface area contributed by atoms with Crippen LogP contribution >= 0.6 is 0 Å². The molecule has 1 aliphatic carbocycles. The quantitative estimate of drug-likeness (QED) is 0.689. The van der Waals surface area contributed by atoms with Gasteiger partial charge >= 0.3 is 5.97 Å². The van der Waals surface area contributed by atoms with Crippen LogP contribution in [-0.4, -0.2) is 44.4 Å². The van der Waals surface area contributed by atoms with Gasteiger partial charge in [-0.3, -0.25) is 4.79 Å². The molecule has 9 heteroatoms. The highest BCUT2D eigenvalue weighted by Crippen LogP contribution is 2.62. The first kappa shape index (κ1) is 21.6. The third-order valence-corrected chi connectivity index (χ3v) is 6.40. The topological polar surface area (TPSA) is 83.1 Å². The summed E-state index contributed by atoms with van der Waals surface area (Å²) in [7, 11) is 1.31. The Morgan fingerprint density at radius 1 is 1.09 bits per heavy atom. The van der Waals surface area contributed by atoms with Crippen molar-refractivity contribution in [3.8, 4) is 11.5 Å². The summed E-state index contributed by atoms with van der Waals surface area (Å²) in [5.74, 6) is -5.96. The number of methoxy groups -OCH3 is 1. The number of hydrogen-bond donors (Lipinski definition) is 1. The fraction of sp³-hybridized carbons (Fsp3) is 0.417. The predicted octanol–water partition coefficient (Wildman–Crippen LogP) is 3.59. The Bertz CT molecular complexity index is 1090. The van der Waals surface area contributed by atoms with Crippen LogP contribution in [0.2, 0.25) is 0 Å². The van der Waals surface area contributed by atoms with E-state index in [2.05, 4.69) is 5.32 Å². The SMILES string of the molecule is COC(=O)c1cccc([C@H]2C[C@@H](NC(=O)C3C(c4ccc5c(c4)OCO5)C3(F)F)CCO2)c1. The molecule has 2 unspecified atom stereocenters. The molecule has 1 N–H and O–H groups in total. The molecule has 2 fully saturated rings. The molecule has 1 saturated carbocycles. The second-order valence-corrected chi connectivity index (χ2v) is 8.45. The van der Waals surface area contributed by atoms with E-state index in [0.717, 1.165) is 5.56 Å². The summed E-state index contributed by atoms with van der Waals surface area (Å²) in [6.07, 6.45) is 0.577. The van der Waals surface area contributed by atoms with Crippen LogP contribution < -0.4 is 14.8 Å². The fourth-order valence-electron chi connectivity index (χ4n) is 4.61. The van der Waals surface area contributed by atoms with Crippen molar-refractivity contribution in [3.05, 3.63) is 59.2 Å². The largest absolute Gasteiger partial charge is 0.465 e. The molecule has 2 aromatic carbocycles. The summed E-state index contributed by atoms with van der Waals surface area (Å²) in [5.41, 5.74) is 1.52. The molecular weight excluding hydrogens is 436 g/mol. The number of alkyl halides is 2. The van der Waals surface area contributed by atoms with Gasteiger partial charge in [0, 0.05) is 12.6 Å². The van der Waals surface area contributed by atoms with Gasteiger partial charge in [0.15, 0.2) is 11.5 Å². The van der Waals surface area contributed by atoms with E-state index in [1.807, 2.05) is 6.07 Å². The minimum absolute atomic E-state index is 0.0528. The van der Waals surface area contributed by atoms with E-state index in [-0.39, 0.29) is 18.9 Å². The molecule has 1 amide bonds. The Morgan fingerprint density at radius 3 is 2.73 bits per heavy atom. The van der Waals surface area contributed by atoms with Gasteiger partial charge in [-0.2, -0.15) is 0 Å². The second-order valence-electron chi connectivity index (χ2n) is 8.45. The number of hydrogen-bond acceptors (Lipinski definition) is 6. The molecule has 0 radical (unpaired) electrons. The van der Waals surface area contributed by atoms with E-state index in [0.29, 0.717) is 42.1 Å². The molecule has 0 bridgehead atoms. The summed E-state index contributed by atoms with van der Waals surface area (Å²) in [5, 5.41) is 2.79. The Balaban J connectivity index is 1.25. The van der Waals surface area contributed by atoms with Crippen LogP contribution in [0.3, 0.4) is 0 Å². The molecule has 174 valence electrons. The zero-order valence-corrected chi connectivity index (χ0v) is 17.9. The summed E-state index contributed by atoms with van der Waals surface area (Å²) in [6, 6.07) is 11.2. The number of rotatable bonds is 5. The van der Waals surface area contributed by atoms with Gasteiger partial charge in [0.1, 0.15) is 5.92 Å². The second kappa shape index (κ2) is 8.30. The molecule has 3 aliphatic rings. The molecular formula is C24H23F2NO6. The van der Waals surface area contributed by atoms with Gasteiger partial charge in [-0.25, -0.2) is 13.6 Å². The number of carbonyl (C=O) groups is 2. The lowest BCUT2D eigenvalue weighted by molar-refractivity contribution is -0.126. The van der Waals surface area contributed by atoms with Crippen LogP contribution in [0.4, 0.5) is 8.78 Å². The average molecular weight is 459 g/mol. The Kier molecular flexibility index (Phi) is 5.44. The van der Waals surface area contributed by atoms with E-state index in [4.69, 9.17) is 18.9 Å². The molecule has 0 aromatic heterocycles. The van der Waals surface area contributed by atoms with Crippen LogP contribution in [0.25, 0.3) is 0 Å². The van der Waals surface area contributed by atoms with Gasteiger partial charge in [0.25, 0.3) is 5.92 Å². The summed E-state index contributed by atoms with van der Waals surface area (Å²) in [6.45, 7) is 0.419. The molecule has 2 aromatic rings. The predicted molar refractivity (Wildman–Crippen MR) is 111 cm³/mol. The molecule has 4 atom stereocenters. The third kappa shape index (κ3) is 4.01. The first-order valence-corrected chi connectivity index (χ1v) is 10.8. The first-order chi connectivity index (χ1) is 15.9. The molecule has 5 rings (SSSR count). The lowest BCUT2D eigenvalue weighted by atomic mass is 9.96. The number of amides is 1. The zero-order valence-electron chi connectivity index (χ0n) is 17.9. The summed E-state index contributed by atoms with van der Waals surface area (Å²) < 4.78 is 50.3. The highest BCUT2D eigenvalue weighted by molar-refractivity contribution is 5.89. The molecule has 0 spiro atoms. The summed E-state index contributed by atoms with van der Waals surface area (Å²) >= 11 is 0. The van der Waals surface area contributed by atoms with Crippen molar-refractivity contribution < 1.29 is 37.3 Å². The van der Waals surface area contributed by atoms with Gasteiger partial charge in [-0.1, -0.05) is 18.2 Å². The molecule has 1 saturated heterocycles. The number of ether oxygens (including phenoxy) is 4. The molecule has 7 nitrogen and oxygen atoms in total. The van der Waals surface area contributed by atoms with E-state index < -0.39 is 29.6 Å². The maximum Gasteiger partial charge on any atom is 0.337 e. The van der Waals surface area contributed by atoms with Crippen molar-refractivity contribution in [3.63, 3.8) is 0 Å². The summed E-state index contributed by atoms with van der Waals surface area (Å²) in [4.78, 5) is 24.6. The number of esters is 1. The van der Waals surface area contributed by atoms with Gasteiger partial charge < -0.3 is 24.3 Å². The Labute approximate surface area is 189 Å². The van der Waals surface area contributed by atoms with Crippen LogP contribution in [0.1, 0.15) is 46.3 Å². The minimum atomic E-state index is -3.13. The maximum absolute atomic E-state index is 14.6. The van der Waals surface area contributed by atoms with Crippen molar-refractivity contribution in [1.82, 2.24) is 5.32 Å². The standard InChI is InChI=1S/C24H23F2NO6/c1-30-23(29)15-4-2-3-13(9-15)18-11-16(7-8-31-18)27-22(28)21-20(24(21,25)26)14-5-6-17-19(10-14)33-12-32-17/h2-6,9-10,16,18,20-21H,7-8,11-12H2,1H3,(H,27,28)/t16-,18+,20?,21?/m0/s1. The molecule has 2 heterocycles. The number of benzene rings is 2. The average Bonchev–Trinajstić information content (AvgIpc) is 3.15. The fourth-order valence-corrected chi connectivity index (χ4v) is 4.61. The van der Waals surface area contributed by atoms with Crippen LogP contribution in [0.15, 0.2) is 42.5 Å². The van der Waals surface area contributed by atoms with Gasteiger partial charge in [-0.05, 0) is 48.2 Å². The van der Waals surface area contributed by atoms with Crippen molar-refractivity contribution in [2.24, 2.45) is 5.92 Å². The lowest BCUT2D eigenvalue weighted by Gasteiger charge is -2.30. The number of carbonyl (C=O) groups excluding carboxylic acids is 2. The van der Waals surface area contributed by atoms with Crippen molar-refractivity contribution in [2.75, 3.05) is 20.5 Å². The smallest absolute Gasteiger partial charge is 0.337 e. The monoisotopic (exact) mass is 459 g/mol. The third-order valence-electron chi connectivity index (χ3n) is 6.40. The van der Waals surface area contributed by atoms with Crippen LogP contribution in [0, 0.1) is 5.92 Å². The van der Waals surface area contributed by atoms with Crippen molar-refractivity contribution in [2.45, 2.75) is 36.8 Å². The number of nitrogens with one attached hydrogen (secondary N) is 1. The molecule has 33 heavy (non-hydrogen) atoms. The highest BCUT2D eigenvalue weighted by Gasteiger charge is 2.72. The zero-order chi connectivity index (χ0) is 23.2. The van der Waals surface area contributed by atoms with E-state index >= 15 is 0 Å². The van der Waals surface area contributed by atoms with Crippen LogP contribution in [0.5, 0.6) is 11.5 Å². The minimum Gasteiger partial charge on any atom is -0.465 e. The maximum atomic E-state index is 14.6. The van der Waals surface area contributed by atoms with Gasteiger partial charge in [0.05, 0.1) is 24.7 Å². The number of halogens is 2. The molecule has 2 aliphatic heterocycles. The first-order valence-electron chi connectivity index (χ1n) is 10.8. The lowest BCUT2D eigenvalue weighted by Crippen LogP contribution is -2.41. The van der Waals surface area contributed by atoms with E-state index in [1.165, 1.54) is 13.2 Å². The highest BCUT2D eigenvalue weighted by atomic mass is 19.3. The number of fused-ring (bicyclic) bond motifs is 1.